The maximum Gasteiger partial charge on any atom is 0.412 e. The minimum Gasteiger partial charge on any atom is -0.444 e. The maximum absolute atomic E-state index is 15.0. The minimum absolute atomic E-state index is 0.305. The smallest absolute Gasteiger partial charge is 0.412 e. The van der Waals surface area contributed by atoms with Gasteiger partial charge in [-0.15, -0.1) is 5.54 Å². The van der Waals surface area contributed by atoms with Crippen LogP contribution in [-0.2, 0) is 4.74 Å². The lowest BCUT2D eigenvalue weighted by molar-refractivity contribution is 0.0636. The number of aryl methyl sites for hydroxylation is 1. The summed E-state index contributed by atoms with van der Waals surface area (Å²) in [5.74, 6) is 2.99. The maximum atomic E-state index is 15.0. The number of ether oxygens (including phenoxy) is 1. The second-order valence-electron chi connectivity index (χ2n) is 10.6. The lowest BCUT2D eigenvalue weighted by Gasteiger charge is -2.38. The third kappa shape index (κ3) is 5.53. The average Bonchev–Trinajstić information content (AvgIpc) is 2.61. The first-order valence-electron chi connectivity index (χ1n) is 11.4. The molecule has 0 aromatic heterocycles. The molecule has 0 aliphatic rings. The van der Waals surface area contributed by atoms with E-state index in [1.165, 1.54) is 6.07 Å². The van der Waals surface area contributed by atoms with E-state index in [0.717, 1.165) is 16.3 Å². The van der Waals surface area contributed by atoms with Gasteiger partial charge < -0.3 is 4.74 Å². The molecule has 0 saturated heterocycles. The molecular weight excluding hydrogens is 417 g/mol. The van der Waals surface area contributed by atoms with E-state index in [2.05, 4.69) is 58.3 Å². The van der Waals surface area contributed by atoms with Gasteiger partial charge in [0, 0.05) is 11.1 Å². The fraction of sp³-hybridized carbons (Fsp3) is 0.519. The standard InChI is InChI=1S/C27H38FNO2Si/c1-17(2)32(18(3)4,19(5)6)14-13-23-24(28)12-11-21-16-22(15-20(7)25(21)23)29-26(30)31-27(8,9)10/h11-12,15-19H,1-10H3,(H,29,30). The molecule has 2 aromatic carbocycles. The van der Waals surface area contributed by atoms with E-state index in [1.54, 1.807) is 6.07 Å². The summed E-state index contributed by atoms with van der Waals surface area (Å²) in [4.78, 5) is 12.2. The van der Waals surface area contributed by atoms with E-state index >= 15 is 0 Å². The van der Waals surface area contributed by atoms with Gasteiger partial charge in [-0.05, 0) is 73.5 Å². The number of hydrogen-bond acceptors (Lipinski definition) is 2. The third-order valence-corrected chi connectivity index (χ3v) is 12.5. The molecule has 1 N–H and O–H groups in total. The van der Waals surface area contributed by atoms with Crippen LogP contribution in [0.5, 0.6) is 0 Å². The van der Waals surface area contributed by atoms with Crippen LogP contribution in [0, 0.1) is 24.2 Å². The summed E-state index contributed by atoms with van der Waals surface area (Å²) in [5, 5.41) is 4.42. The Balaban J connectivity index is 2.60. The van der Waals surface area contributed by atoms with Crippen molar-refractivity contribution < 1.29 is 13.9 Å². The van der Waals surface area contributed by atoms with Gasteiger partial charge in [0.25, 0.3) is 0 Å². The number of fused-ring (bicyclic) bond motifs is 1. The van der Waals surface area contributed by atoms with Crippen LogP contribution >= 0.6 is 0 Å². The van der Waals surface area contributed by atoms with Crippen molar-refractivity contribution in [3.63, 3.8) is 0 Å². The molecule has 0 radical (unpaired) electrons. The molecule has 0 fully saturated rings. The van der Waals surface area contributed by atoms with E-state index in [1.807, 2.05) is 39.8 Å². The number of nitrogens with one attached hydrogen (secondary N) is 1. The molecule has 0 unspecified atom stereocenters. The van der Waals surface area contributed by atoms with Crippen LogP contribution in [0.15, 0.2) is 24.3 Å². The van der Waals surface area contributed by atoms with E-state index in [-0.39, 0.29) is 5.82 Å². The van der Waals surface area contributed by atoms with E-state index in [4.69, 9.17) is 4.74 Å². The Hall–Kier alpha value is -2.32. The highest BCUT2D eigenvalue weighted by atomic mass is 28.3. The highest BCUT2D eigenvalue weighted by Crippen LogP contribution is 2.41. The molecule has 5 heteroatoms. The van der Waals surface area contributed by atoms with Gasteiger partial charge in [-0.3, -0.25) is 5.32 Å². The molecule has 3 nitrogen and oxygen atoms in total. The van der Waals surface area contributed by atoms with Crippen molar-refractivity contribution in [2.24, 2.45) is 0 Å². The SMILES string of the molecule is Cc1cc(NC(=O)OC(C)(C)C)cc2ccc(F)c(C#C[Si](C(C)C)(C(C)C)C(C)C)c12. The molecule has 0 aliphatic carbocycles. The van der Waals surface area contributed by atoms with Gasteiger partial charge in [-0.25, -0.2) is 9.18 Å². The predicted octanol–water partition coefficient (Wildman–Crippen LogP) is 8.20. The Bertz CT molecular complexity index is 1030. The fourth-order valence-corrected chi connectivity index (χ4v) is 10.1. The predicted molar refractivity (Wildman–Crippen MR) is 136 cm³/mol. The molecule has 0 saturated carbocycles. The van der Waals surface area contributed by atoms with Crippen LogP contribution in [0.4, 0.5) is 14.9 Å². The molecule has 0 heterocycles. The zero-order valence-corrected chi connectivity index (χ0v) is 22.2. The molecule has 2 aromatic rings. The van der Waals surface area contributed by atoms with Crippen molar-refractivity contribution in [3.8, 4) is 11.5 Å². The molecule has 1 amide bonds. The van der Waals surface area contributed by atoms with Gasteiger partial charge in [-0.1, -0.05) is 53.5 Å². The Morgan fingerprint density at radius 1 is 1.03 bits per heavy atom. The van der Waals surface area contributed by atoms with E-state index in [0.29, 0.717) is 27.9 Å². The lowest BCUT2D eigenvalue weighted by Crippen LogP contribution is -2.43. The number of anilines is 1. The normalized spacial score (nSPS) is 12.3. The number of amides is 1. The third-order valence-electron chi connectivity index (χ3n) is 6.18. The zero-order chi connectivity index (χ0) is 24.4. The highest BCUT2D eigenvalue weighted by molar-refractivity contribution is 6.90. The first kappa shape index (κ1) is 25.9. The molecule has 0 bridgehead atoms. The van der Waals surface area contributed by atoms with Gasteiger partial charge in [0.2, 0.25) is 0 Å². The van der Waals surface area contributed by atoms with Gasteiger partial charge in [0.1, 0.15) is 19.5 Å². The van der Waals surface area contributed by atoms with Crippen molar-refractivity contribution in [3.05, 3.63) is 41.2 Å². The number of benzene rings is 2. The molecule has 0 spiro atoms. The second kappa shape index (κ2) is 9.66. The summed E-state index contributed by atoms with van der Waals surface area (Å²) in [6.07, 6.45) is -0.514. The monoisotopic (exact) mass is 455 g/mol. The molecule has 174 valence electrons. The number of hydrogen-bond donors (Lipinski definition) is 1. The molecular formula is C27H38FNO2Si. The van der Waals surface area contributed by atoms with Crippen LogP contribution < -0.4 is 5.32 Å². The van der Waals surface area contributed by atoms with Gasteiger partial charge >= 0.3 is 6.09 Å². The van der Waals surface area contributed by atoms with Gasteiger partial charge in [0.15, 0.2) is 0 Å². The van der Waals surface area contributed by atoms with Crippen LogP contribution in [0.3, 0.4) is 0 Å². The summed E-state index contributed by atoms with van der Waals surface area (Å²) in [6, 6.07) is 6.89. The Labute approximate surface area is 194 Å². The fourth-order valence-electron chi connectivity index (χ4n) is 4.87. The first-order chi connectivity index (χ1) is 14.7. The number of rotatable bonds is 4. The van der Waals surface area contributed by atoms with Crippen molar-refractivity contribution >= 4 is 30.6 Å². The van der Waals surface area contributed by atoms with Crippen molar-refractivity contribution in [2.45, 2.75) is 91.5 Å². The highest BCUT2D eigenvalue weighted by Gasteiger charge is 2.41. The lowest BCUT2D eigenvalue weighted by atomic mass is 9.99. The molecule has 0 atom stereocenters. The first-order valence-corrected chi connectivity index (χ1v) is 13.7. The van der Waals surface area contributed by atoms with Crippen LogP contribution in [-0.4, -0.2) is 19.8 Å². The Kier molecular flexibility index (Phi) is 7.83. The topological polar surface area (TPSA) is 38.3 Å². The van der Waals surface area contributed by atoms with E-state index < -0.39 is 19.8 Å². The van der Waals surface area contributed by atoms with Crippen LogP contribution in [0.2, 0.25) is 16.6 Å². The zero-order valence-electron chi connectivity index (χ0n) is 21.2. The summed E-state index contributed by atoms with van der Waals surface area (Å²) < 4.78 is 20.3. The molecule has 0 aliphatic heterocycles. The van der Waals surface area contributed by atoms with Crippen molar-refractivity contribution in [2.75, 3.05) is 5.32 Å². The van der Waals surface area contributed by atoms with Crippen LogP contribution in [0.1, 0.15) is 73.4 Å². The quantitative estimate of drug-likeness (QED) is 0.373. The Morgan fingerprint density at radius 3 is 2.09 bits per heavy atom. The van der Waals surface area contributed by atoms with Gasteiger partial charge in [-0.2, -0.15) is 0 Å². The van der Waals surface area contributed by atoms with E-state index in [9.17, 15) is 9.18 Å². The summed E-state index contributed by atoms with van der Waals surface area (Å²) in [7, 11) is -1.99. The van der Waals surface area contributed by atoms with Crippen molar-refractivity contribution in [1.29, 1.82) is 0 Å². The average molecular weight is 456 g/mol. The summed E-state index contributed by atoms with van der Waals surface area (Å²) >= 11 is 0. The summed E-state index contributed by atoms with van der Waals surface area (Å²) in [6.45, 7) is 20.9. The number of halogens is 1. The van der Waals surface area contributed by atoms with Gasteiger partial charge in [0.05, 0.1) is 5.56 Å². The number of carbonyl (C=O) groups excluding carboxylic acids is 1. The second-order valence-corrected chi connectivity index (χ2v) is 16.2. The minimum atomic E-state index is -1.99. The summed E-state index contributed by atoms with van der Waals surface area (Å²) in [5.41, 5.74) is 6.40. The number of carbonyl (C=O) groups is 1. The van der Waals surface area contributed by atoms with Crippen molar-refractivity contribution in [1.82, 2.24) is 0 Å². The molecule has 2 rings (SSSR count). The van der Waals surface area contributed by atoms with Crippen LogP contribution in [0.25, 0.3) is 10.8 Å². The Morgan fingerprint density at radius 2 is 1.59 bits per heavy atom. The largest absolute Gasteiger partial charge is 0.444 e. The molecule has 32 heavy (non-hydrogen) atoms.